The van der Waals surface area contributed by atoms with Crippen molar-refractivity contribution in [1.29, 1.82) is 0 Å². The van der Waals surface area contributed by atoms with Gasteiger partial charge in [0.15, 0.2) is 0 Å². The minimum Gasteiger partial charge on any atom is -0.507 e. The van der Waals surface area contributed by atoms with Crippen LogP contribution in [-0.2, 0) is 4.79 Å². The smallest absolute Gasteiger partial charge is 0.221 e. The summed E-state index contributed by atoms with van der Waals surface area (Å²) in [6.07, 6.45) is 1.70. The molecule has 6 nitrogen and oxygen atoms in total. The van der Waals surface area contributed by atoms with Crippen molar-refractivity contribution in [3.63, 3.8) is 0 Å². The van der Waals surface area contributed by atoms with Gasteiger partial charge in [-0.25, -0.2) is 9.37 Å². The van der Waals surface area contributed by atoms with Crippen molar-refractivity contribution in [3.8, 4) is 28.0 Å². The maximum atomic E-state index is 14.5. The molecule has 160 valence electrons. The highest BCUT2D eigenvalue weighted by Gasteiger charge is 2.17. The first-order chi connectivity index (χ1) is 14.9. The van der Waals surface area contributed by atoms with Crippen molar-refractivity contribution < 1.29 is 14.3 Å². The number of hydrogen-bond donors (Lipinski definition) is 3. The topological polar surface area (TPSA) is 77.5 Å². The number of nitrogens with zero attached hydrogens (tertiary/aromatic N) is 2. The second-order valence-corrected chi connectivity index (χ2v) is 7.80. The number of anilines is 2. The summed E-state index contributed by atoms with van der Waals surface area (Å²) in [7, 11) is 0. The van der Waals surface area contributed by atoms with Crippen LogP contribution in [0.1, 0.15) is 6.92 Å². The number of phenols is 1. The second-order valence-electron chi connectivity index (χ2n) is 7.37. The Morgan fingerprint density at radius 3 is 2.45 bits per heavy atom. The van der Waals surface area contributed by atoms with E-state index < -0.39 is 5.82 Å². The van der Waals surface area contributed by atoms with Gasteiger partial charge in [0.1, 0.15) is 17.4 Å². The van der Waals surface area contributed by atoms with Crippen LogP contribution in [0.4, 0.5) is 15.9 Å². The third-order valence-corrected chi connectivity index (χ3v) is 5.38. The van der Waals surface area contributed by atoms with Crippen molar-refractivity contribution in [3.05, 3.63) is 59.5 Å². The van der Waals surface area contributed by atoms with Gasteiger partial charge in [-0.2, -0.15) is 0 Å². The molecule has 31 heavy (non-hydrogen) atoms. The summed E-state index contributed by atoms with van der Waals surface area (Å²) in [6.45, 7) is 4.79. The van der Waals surface area contributed by atoms with Gasteiger partial charge in [-0.15, -0.1) is 0 Å². The minimum atomic E-state index is -0.599. The fourth-order valence-corrected chi connectivity index (χ4v) is 3.88. The molecule has 1 aliphatic rings. The van der Waals surface area contributed by atoms with Gasteiger partial charge in [-0.3, -0.25) is 4.79 Å². The Labute approximate surface area is 184 Å². The molecule has 1 amide bonds. The van der Waals surface area contributed by atoms with Crippen LogP contribution >= 0.6 is 11.6 Å². The number of pyridine rings is 1. The number of rotatable bonds is 4. The lowest BCUT2D eigenvalue weighted by Gasteiger charge is -2.28. The van der Waals surface area contributed by atoms with Crippen LogP contribution in [-0.4, -0.2) is 42.2 Å². The standard InChI is InChI=1S/C23H22ClFN4O2/c1-14(30)28-21-3-2-15(10-20(21)25)18-12-17(24)13-19(23(18)31)16-4-5-27-22(11-16)29-8-6-26-7-9-29/h2-5,10-13,26,31H,6-9H2,1H3,(H,28,30). The van der Waals surface area contributed by atoms with E-state index in [1.807, 2.05) is 6.07 Å². The number of piperazine rings is 1. The fourth-order valence-electron chi connectivity index (χ4n) is 3.67. The van der Waals surface area contributed by atoms with Gasteiger partial charge < -0.3 is 20.6 Å². The number of benzene rings is 2. The molecule has 3 N–H and O–H groups in total. The number of carbonyl (C=O) groups excluding carboxylic acids is 1. The van der Waals surface area contributed by atoms with E-state index in [2.05, 4.69) is 20.5 Å². The van der Waals surface area contributed by atoms with Gasteiger partial charge in [0.05, 0.1) is 5.69 Å². The first-order valence-corrected chi connectivity index (χ1v) is 10.3. The van der Waals surface area contributed by atoms with E-state index in [-0.39, 0.29) is 17.3 Å². The number of halogens is 2. The Hall–Kier alpha value is -3.16. The lowest BCUT2D eigenvalue weighted by atomic mass is 9.97. The maximum absolute atomic E-state index is 14.5. The van der Waals surface area contributed by atoms with Gasteiger partial charge in [-0.05, 0) is 47.5 Å². The molecule has 1 fully saturated rings. The van der Waals surface area contributed by atoms with E-state index in [0.29, 0.717) is 21.7 Å². The SMILES string of the molecule is CC(=O)Nc1ccc(-c2cc(Cl)cc(-c3ccnc(N4CCNCC4)c3)c2O)cc1F. The van der Waals surface area contributed by atoms with Gasteiger partial charge in [0, 0.05) is 55.4 Å². The predicted octanol–water partition coefficient (Wildman–Crippen LogP) is 4.28. The van der Waals surface area contributed by atoms with Gasteiger partial charge in [-0.1, -0.05) is 17.7 Å². The first kappa shape index (κ1) is 21.1. The normalized spacial score (nSPS) is 13.8. The number of aromatic nitrogens is 1. The predicted molar refractivity (Wildman–Crippen MR) is 121 cm³/mol. The number of carbonyl (C=O) groups is 1. The summed E-state index contributed by atoms with van der Waals surface area (Å²) in [6, 6.07) is 11.3. The van der Waals surface area contributed by atoms with E-state index in [1.54, 1.807) is 30.5 Å². The third kappa shape index (κ3) is 4.62. The van der Waals surface area contributed by atoms with E-state index in [4.69, 9.17) is 11.6 Å². The number of amides is 1. The largest absolute Gasteiger partial charge is 0.507 e. The summed E-state index contributed by atoms with van der Waals surface area (Å²) in [5, 5.41) is 17.2. The number of hydrogen-bond acceptors (Lipinski definition) is 5. The Morgan fingerprint density at radius 2 is 1.81 bits per heavy atom. The molecule has 0 saturated carbocycles. The highest BCUT2D eigenvalue weighted by molar-refractivity contribution is 6.31. The molecule has 4 rings (SSSR count). The average Bonchev–Trinajstić information content (AvgIpc) is 2.77. The molecular formula is C23H22ClFN4O2. The van der Waals surface area contributed by atoms with Crippen LogP contribution in [0.2, 0.25) is 5.02 Å². The molecule has 1 aromatic heterocycles. The zero-order chi connectivity index (χ0) is 22.0. The number of nitrogens with one attached hydrogen (secondary N) is 2. The summed E-state index contributed by atoms with van der Waals surface area (Å²) < 4.78 is 14.5. The van der Waals surface area contributed by atoms with Crippen molar-refractivity contribution in [2.75, 3.05) is 36.4 Å². The molecular weight excluding hydrogens is 419 g/mol. The van der Waals surface area contributed by atoms with Crippen LogP contribution in [0.3, 0.4) is 0 Å². The van der Waals surface area contributed by atoms with Gasteiger partial charge in [0.2, 0.25) is 5.91 Å². The van der Waals surface area contributed by atoms with Crippen LogP contribution in [0.25, 0.3) is 22.3 Å². The van der Waals surface area contributed by atoms with Crippen LogP contribution in [0.5, 0.6) is 5.75 Å². The molecule has 1 aliphatic heterocycles. The Morgan fingerprint density at radius 1 is 1.13 bits per heavy atom. The highest BCUT2D eigenvalue weighted by Crippen LogP contribution is 2.41. The summed E-state index contributed by atoms with van der Waals surface area (Å²) in [4.78, 5) is 17.9. The van der Waals surface area contributed by atoms with Crippen molar-refractivity contribution in [1.82, 2.24) is 10.3 Å². The molecule has 0 radical (unpaired) electrons. The van der Waals surface area contributed by atoms with Crippen LogP contribution < -0.4 is 15.5 Å². The molecule has 0 spiro atoms. The van der Waals surface area contributed by atoms with Crippen molar-refractivity contribution in [2.24, 2.45) is 0 Å². The molecule has 1 saturated heterocycles. The van der Waals surface area contributed by atoms with Crippen LogP contribution in [0, 0.1) is 5.82 Å². The quantitative estimate of drug-likeness (QED) is 0.564. The average molecular weight is 441 g/mol. The second kappa shape index (κ2) is 8.91. The van der Waals surface area contributed by atoms with Gasteiger partial charge in [0.25, 0.3) is 0 Å². The van der Waals surface area contributed by atoms with Gasteiger partial charge >= 0.3 is 0 Å². The molecule has 0 bridgehead atoms. The first-order valence-electron chi connectivity index (χ1n) is 9.94. The molecule has 2 aromatic carbocycles. The lowest BCUT2D eigenvalue weighted by molar-refractivity contribution is -0.114. The summed E-state index contributed by atoms with van der Waals surface area (Å²) in [5.74, 6) is -0.143. The maximum Gasteiger partial charge on any atom is 0.221 e. The Kier molecular flexibility index (Phi) is 6.06. The molecule has 8 heteroatoms. The van der Waals surface area contributed by atoms with E-state index >= 15 is 0 Å². The molecule has 2 heterocycles. The molecule has 3 aromatic rings. The minimum absolute atomic E-state index is 0.00598. The molecule has 0 atom stereocenters. The Bertz CT molecular complexity index is 1130. The van der Waals surface area contributed by atoms with Crippen molar-refractivity contribution >= 4 is 29.0 Å². The highest BCUT2D eigenvalue weighted by atomic mass is 35.5. The van der Waals surface area contributed by atoms with E-state index in [0.717, 1.165) is 37.6 Å². The summed E-state index contributed by atoms with van der Waals surface area (Å²) >= 11 is 6.35. The van der Waals surface area contributed by atoms with Crippen LogP contribution in [0.15, 0.2) is 48.7 Å². The third-order valence-electron chi connectivity index (χ3n) is 5.16. The molecule has 0 unspecified atom stereocenters. The zero-order valence-electron chi connectivity index (χ0n) is 17.0. The Balaban J connectivity index is 1.73. The number of aromatic hydroxyl groups is 1. The van der Waals surface area contributed by atoms with E-state index in [9.17, 15) is 14.3 Å². The zero-order valence-corrected chi connectivity index (χ0v) is 17.7. The fraction of sp³-hybridized carbons (Fsp3) is 0.217. The number of phenolic OH excluding ortho intramolecular Hbond substituents is 1. The molecule has 0 aliphatic carbocycles. The van der Waals surface area contributed by atoms with Crippen molar-refractivity contribution in [2.45, 2.75) is 6.92 Å². The lowest BCUT2D eigenvalue weighted by Crippen LogP contribution is -2.43. The van der Waals surface area contributed by atoms with E-state index in [1.165, 1.54) is 19.1 Å². The summed E-state index contributed by atoms with van der Waals surface area (Å²) in [5.41, 5.74) is 2.22. The monoisotopic (exact) mass is 440 g/mol.